The molecule has 0 atom stereocenters. The molecule has 0 fully saturated rings. The Hall–Kier alpha value is -3.58. The van der Waals surface area contributed by atoms with E-state index in [9.17, 15) is 9.59 Å². The number of benzene rings is 2. The van der Waals surface area contributed by atoms with Crippen LogP contribution in [0.4, 0.5) is 5.13 Å². The number of esters is 1. The van der Waals surface area contributed by atoms with Crippen LogP contribution in [0.15, 0.2) is 60.0 Å². The van der Waals surface area contributed by atoms with Gasteiger partial charge in [-0.2, -0.15) is 0 Å². The molecule has 30 heavy (non-hydrogen) atoms. The summed E-state index contributed by atoms with van der Waals surface area (Å²) in [5, 5.41) is 5.70. The van der Waals surface area contributed by atoms with Gasteiger partial charge < -0.3 is 4.74 Å². The number of fused-ring (bicyclic) bond motifs is 1. The molecule has 2 heterocycles. The number of carbonyl (C=O) groups excluding carboxylic acids is 2. The molecule has 0 aliphatic heterocycles. The molecule has 0 aliphatic rings. The lowest BCUT2D eigenvalue weighted by atomic mass is 10.1. The number of hydrogen-bond donors (Lipinski definition) is 1. The summed E-state index contributed by atoms with van der Waals surface area (Å²) < 4.78 is 5.23. The lowest BCUT2D eigenvalue weighted by Gasteiger charge is -2.08. The number of nitrogens with one attached hydrogen (secondary N) is 1. The van der Waals surface area contributed by atoms with Crippen LogP contribution in [0.1, 0.15) is 21.6 Å². The molecule has 6 nitrogen and oxygen atoms in total. The van der Waals surface area contributed by atoms with Gasteiger partial charge in [-0.3, -0.25) is 15.1 Å². The van der Waals surface area contributed by atoms with E-state index in [1.54, 1.807) is 12.1 Å². The van der Waals surface area contributed by atoms with Crippen molar-refractivity contribution < 1.29 is 14.3 Å². The third-order valence-electron chi connectivity index (χ3n) is 4.50. The Kier molecular flexibility index (Phi) is 5.54. The minimum atomic E-state index is -0.564. The Labute approximate surface area is 177 Å². The molecule has 0 bridgehead atoms. The van der Waals surface area contributed by atoms with Gasteiger partial charge in [0.15, 0.2) is 11.7 Å². The molecule has 0 saturated heterocycles. The Balaban J connectivity index is 1.40. The van der Waals surface area contributed by atoms with Gasteiger partial charge in [-0.15, -0.1) is 11.3 Å². The van der Waals surface area contributed by atoms with Crippen molar-refractivity contribution in [2.45, 2.75) is 13.8 Å². The van der Waals surface area contributed by atoms with E-state index in [2.05, 4.69) is 15.3 Å². The Morgan fingerprint density at radius 1 is 1.03 bits per heavy atom. The minimum absolute atomic E-state index is 0.391. The van der Waals surface area contributed by atoms with Crippen molar-refractivity contribution in [1.29, 1.82) is 0 Å². The summed E-state index contributed by atoms with van der Waals surface area (Å²) in [4.78, 5) is 33.6. The normalized spacial score (nSPS) is 10.7. The molecule has 4 aromatic rings. The number of hydrogen-bond acceptors (Lipinski definition) is 6. The van der Waals surface area contributed by atoms with Gasteiger partial charge >= 0.3 is 5.97 Å². The van der Waals surface area contributed by atoms with Crippen LogP contribution < -0.4 is 5.32 Å². The van der Waals surface area contributed by atoms with E-state index in [4.69, 9.17) is 4.74 Å². The maximum Gasteiger partial charge on any atom is 0.339 e. The molecule has 1 amide bonds. The summed E-state index contributed by atoms with van der Waals surface area (Å²) in [6, 6.07) is 17.0. The predicted octanol–water partition coefficient (Wildman–Crippen LogP) is 4.77. The van der Waals surface area contributed by atoms with E-state index in [-0.39, 0.29) is 0 Å². The average molecular weight is 417 g/mol. The van der Waals surface area contributed by atoms with E-state index < -0.39 is 18.5 Å². The molecule has 2 aromatic carbocycles. The number of carbonyl (C=O) groups is 2. The molecule has 0 aliphatic carbocycles. The van der Waals surface area contributed by atoms with E-state index in [0.29, 0.717) is 27.3 Å². The highest BCUT2D eigenvalue weighted by molar-refractivity contribution is 7.14. The van der Waals surface area contributed by atoms with Crippen molar-refractivity contribution in [2.75, 3.05) is 11.9 Å². The second kappa shape index (κ2) is 8.42. The highest BCUT2D eigenvalue weighted by atomic mass is 32.1. The van der Waals surface area contributed by atoms with Crippen molar-refractivity contribution in [1.82, 2.24) is 9.97 Å². The SMILES string of the molecule is Cc1ccc(-c2csc(NC(=O)COC(=O)c3cc(C)nc4ccccc34)n2)cc1. The number of nitrogens with zero attached hydrogens (tertiary/aromatic N) is 2. The summed E-state index contributed by atoms with van der Waals surface area (Å²) in [6.07, 6.45) is 0. The fourth-order valence-electron chi connectivity index (χ4n) is 3.03. The van der Waals surface area contributed by atoms with Crippen LogP contribution in [-0.4, -0.2) is 28.5 Å². The third-order valence-corrected chi connectivity index (χ3v) is 5.25. The smallest absolute Gasteiger partial charge is 0.339 e. The predicted molar refractivity (Wildman–Crippen MR) is 118 cm³/mol. The second-order valence-corrected chi connectivity index (χ2v) is 7.71. The summed E-state index contributed by atoms with van der Waals surface area (Å²) in [6.45, 7) is 3.44. The molecule has 150 valence electrons. The molecule has 2 aromatic heterocycles. The summed E-state index contributed by atoms with van der Waals surface area (Å²) >= 11 is 1.32. The minimum Gasteiger partial charge on any atom is -0.452 e. The monoisotopic (exact) mass is 417 g/mol. The zero-order valence-electron chi connectivity index (χ0n) is 16.5. The fraction of sp³-hybridized carbons (Fsp3) is 0.130. The average Bonchev–Trinajstić information content (AvgIpc) is 3.20. The molecule has 0 radical (unpaired) electrons. The molecule has 0 spiro atoms. The second-order valence-electron chi connectivity index (χ2n) is 6.86. The van der Waals surface area contributed by atoms with E-state index in [1.165, 1.54) is 16.9 Å². The van der Waals surface area contributed by atoms with Crippen LogP contribution in [0.3, 0.4) is 0 Å². The molecule has 7 heteroatoms. The maximum absolute atomic E-state index is 12.5. The Bertz CT molecular complexity index is 1230. The molecule has 1 N–H and O–H groups in total. The van der Waals surface area contributed by atoms with Gasteiger partial charge in [0.25, 0.3) is 5.91 Å². The van der Waals surface area contributed by atoms with Crippen LogP contribution in [0, 0.1) is 13.8 Å². The first-order valence-corrected chi connectivity index (χ1v) is 10.2. The number of aromatic nitrogens is 2. The number of ether oxygens (including phenoxy) is 1. The first kappa shape index (κ1) is 19.7. The van der Waals surface area contributed by atoms with Crippen molar-refractivity contribution >= 4 is 39.2 Å². The highest BCUT2D eigenvalue weighted by Crippen LogP contribution is 2.25. The summed E-state index contributed by atoms with van der Waals surface area (Å²) in [5.74, 6) is -1.01. The molecule has 4 rings (SSSR count). The molecule has 0 unspecified atom stereocenters. The third kappa shape index (κ3) is 4.36. The summed E-state index contributed by atoms with van der Waals surface area (Å²) in [5.41, 5.74) is 4.73. The van der Waals surface area contributed by atoms with E-state index in [1.807, 2.05) is 61.7 Å². The molecular weight excluding hydrogens is 398 g/mol. The number of amides is 1. The van der Waals surface area contributed by atoms with Gasteiger partial charge in [0, 0.05) is 22.0 Å². The number of pyridine rings is 1. The Morgan fingerprint density at radius 3 is 2.60 bits per heavy atom. The van der Waals surface area contributed by atoms with Crippen LogP contribution in [-0.2, 0) is 9.53 Å². The van der Waals surface area contributed by atoms with Crippen LogP contribution in [0.5, 0.6) is 0 Å². The van der Waals surface area contributed by atoms with Gasteiger partial charge in [0.2, 0.25) is 0 Å². The zero-order chi connectivity index (χ0) is 21.1. The van der Waals surface area contributed by atoms with Gasteiger partial charge in [-0.05, 0) is 26.0 Å². The zero-order valence-corrected chi connectivity index (χ0v) is 17.3. The van der Waals surface area contributed by atoms with Crippen molar-refractivity contribution in [3.8, 4) is 11.3 Å². The van der Waals surface area contributed by atoms with Crippen molar-refractivity contribution in [2.24, 2.45) is 0 Å². The standard InChI is InChI=1S/C23H19N3O3S/c1-14-7-9-16(10-8-14)20-13-30-23(25-20)26-21(27)12-29-22(28)18-11-15(2)24-19-6-4-3-5-17(18)19/h3-11,13H,12H2,1-2H3,(H,25,26,27). The maximum atomic E-state index is 12.5. The lowest BCUT2D eigenvalue weighted by Crippen LogP contribution is -2.21. The molecular formula is C23H19N3O3S. The van der Waals surface area contributed by atoms with Gasteiger partial charge in [-0.1, -0.05) is 48.0 Å². The van der Waals surface area contributed by atoms with Crippen LogP contribution in [0.25, 0.3) is 22.2 Å². The quantitative estimate of drug-likeness (QED) is 0.473. The fourth-order valence-corrected chi connectivity index (χ4v) is 3.76. The topological polar surface area (TPSA) is 81.2 Å². The first-order valence-electron chi connectivity index (χ1n) is 9.35. The summed E-state index contributed by atoms with van der Waals surface area (Å²) in [7, 11) is 0. The first-order chi connectivity index (χ1) is 14.5. The van der Waals surface area contributed by atoms with Crippen molar-refractivity contribution in [3.63, 3.8) is 0 Å². The van der Waals surface area contributed by atoms with Crippen LogP contribution in [0.2, 0.25) is 0 Å². The number of thiazole rings is 1. The number of aryl methyl sites for hydroxylation is 2. The lowest BCUT2D eigenvalue weighted by molar-refractivity contribution is -0.119. The number of rotatable bonds is 5. The van der Waals surface area contributed by atoms with Gasteiger partial charge in [-0.25, -0.2) is 9.78 Å². The van der Waals surface area contributed by atoms with Gasteiger partial charge in [0.05, 0.1) is 16.8 Å². The Morgan fingerprint density at radius 2 is 1.80 bits per heavy atom. The number of anilines is 1. The van der Waals surface area contributed by atoms with E-state index in [0.717, 1.165) is 11.3 Å². The highest BCUT2D eigenvalue weighted by Gasteiger charge is 2.16. The van der Waals surface area contributed by atoms with Crippen molar-refractivity contribution in [3.05, 3.63) is 76.8 Å². The number of para-hydroxylation sites is 1. The molecule has 0 saturated carbocycles. The van der Waals surface area contributed by atoms with Crippen LogP contribution >= 0.6 is 11.3 Å². The largest absolute Gasteiger partial charge is 0.452 e. The van der Waals surface area contributed by atoms with E-state index >= 15 is 0 Å². The van der Waals surface area contributed by atoms with Gasteiger partial charge in [0.1, 0.15) is 0 Å².